The zero-order chi connectivity index (χ0) is 11.7. The lowest BCUT2D eigenvalue weighted by Crippen LogP contribution is -2.06. The van der Waals surface area contributed by atoms with Crippen molar-refractivity contribution in [3.8, 4) is 0 Å². The van der Waals surface area contributed by atoms with E-state index in [-0.39, 0.29) is 0 Å². The van der Waals surface area contributed by atoms with Crippen LogP contribution in [0, 0.1) is 5.92 Å². The summed E-state index contributed by atoms with van der Waals surface area (Å²) in [5.41, 5.74) is 1.30. The molecule has 0 saturated carbocycles. The monoisotopic (exact) mass is 236 g/mol. The number of hydrogen-bond acceptors (Lipinski definition) is 2. The third kappa shape index (κ3) is 1.95. The van der Waals surface area contributed by atoms with Crippen molar-refractivity contribution in [1.82, 2.24) is 9.78 Å². The molecule has 3 nitrogen and oxygen atoms in total. The summed E-state index contributed by atoms with van der Waals surface area (Å²) in [6.07, 6.45) is 0. The van der Waals surface area contributed by atoms with Crippen LogP contribution in [0.25, 0.3) is 10.9 Å². The van der Waals surface area contributed by atoms with Crippen molar-refractivity contribution in [1.29, 1.82) is 0 Å². The normalized spacial score (nSPS) is 11.2. The van der Waals surface area contributed by atoms with Gasteiger partial charge in [0.15, 0.2) is 5.69 Å². The Hall–Kier alpha value is -1.35. The molecule has 0 saturated heterocycles. The Morgan fingerprint density at radius 3 is 2.75 bits per heavy atom. The van der Waals surface area contributed by atoms with Crippen LogP contribution in [0.3, 0.4) is 0 Å². The second kappa shape index (κ2) is 4.26. The lowest BCUT2D eigenvalue weighted by atomic mass is 10.2. The molecule has 0 aliphatic rings. The van der Waals surface area contributed by atoms with Gasteiger partial charge in [-0.15, -0.1) is 0 Å². The Morgan fingerprint density at radius 1 is 1.44 bits per heavy atom. The van der Waals surface area contributed by atoms with Crippen molar-refractivity contribution < 1.29 is 4.79 Å². The second-order valence-electron chi connectivity index (χ2n) is 4.22. The SMILES string of the molecule is CC(C)Cn1nc(C(=O)Cl)c2ccccc21. The van der Waals surface area contributed by atoms with Gasteiger partial charge in [-0.1, -0.05) is 32.0 Å². The standard InChI is InChI=1S/C12H13ClN2O/c1-8(2)7-15-10-6-4-3-5-9(10)11(14-15)12(13)16/h3-6,8H,7H2,1-2H3. The van der Waals surface area contributed by atoms with Crippen molar-refractivity contribution in [2.45, 2.75) is 20.4 Å². The molecule has 0 amide bonds. The summed E-state index contributed by atoms with van der Waals surface area (Å²) in [4.78, 5) is 11.2. The Bertz CT molecular complexity index is 531. The van der Waals surface area contributed by atoms with E-state index in [1.807, 2.05) is 28.9 Å². The van der Waals surface area contributed by atoms with E-state index >= 15 is 0 Å². The molecule has 0 spiro atoms. The van der Waals surface area contributed by atoms with Gasteiger partial charge in [-0.25, -0.2) is 0 Å². The zero-order valence-electron chi connectivity index (χ0n) is 9.27. The van der Waals surface area contributed by atoms with Gasteiger partial charge in [0.25, 0.3) is 5.24 Å². The molecule has 0 bridgehead atoms. The van der Waals surface area contributed by atoms with Gasteiger partial charge in [0.2, 0.25) is 0 Å². The molecule has 4 heteroatoms. The summed E-state index contributed by atoms with van der Waals surface area (Å²) in [6.45, 7) is 5.00. The molecular weight excluding hydrogens is 224 g/mol. The maximum Gasteiger partial charge on any atom is 0.273 e. The van der Waals surface area contributed by atoms with Gasteiger partial charge in [0.05, 0.1) is 5.52 Å². The highest BCUT2D eigenvalue weighted by Gasteiger charge is 2.15. The Labute approximate surface area is 99.0 Å². The summed E-state index contributed by atoms with van der Waals surface area (Å²) in [6, 6.07) is 7.64. The van der Waals surface area contributed by atoms with Gasteiger partial charge in [-0.3, -0.25) is 9.48 Å². The maximum absolute atomic E-state index is 11.2. The Kier molecular flexibility index (Phi) is 2.97. The van der Waals surface area contributed by atoms with E-state index in [2.05, 4.69) is 18.9 Å². The first kappa shape index (κ1) is 11.1. The fourth-order valence-corrected chi connectivity index (χ4v) is 1.90. The van der Waals surface area contributed by atoms with Crippen LogP contribution in [0.5, 0.6) is 0 Å². The molecule has 0 aliphatic carbocycles. The van der Waals surface area contributed by atoms with E-state index < -0.39 is 5.24 Å². The first-order valence-corrected chi connectivity index (χ1v) is 5.62. The van der Waals surface area contributed by atoms with Gasteiger partial charge < -0.3 is 0 Å². The fourth-order valence-electron chi connectivity index (χ4n) is 1.76. The van der Waals surface area contributed by atoms with Crippen molar-refractivity contribution in [3.63, 3.8) is 0 Å². The van der Waals surface area contributed by atoms with Crippen molar-refractivity contribution in [3.05, 3.63) is 30.0 Å². The average molecular weight is 237 g/mol. The van der Waals surface area contributed by atoms with E-state index in [1.165, 1.54) is 0 Å². The Morgan fingerprint density at radius 2 is 2.12 bits per heavy atom. The molecule has 1 aromatic carbocycles. The molecule has 1 aromatic heterocycles. The molecule has 16 heavy (non-hydrogen) atoms. The predicted molar refractivity (Wildman–Crippen MR) is 64.8 cm³/mol. The summed E-state index contributed by atoms with van der Waals surface area (Å²) >= 11 is 5.52. The van der Waals surface area contributed by atoms with Crippen molar-refractivity contribution in [2.75, 3.05) is 0 Å². The number of halogens is 1. The molecule has 0 N–H and O–H groups in total. The number of carbonyl (C=O) groups is 1. The number of rotatable bonds is 3. The third-order valence-corrected chi connectivity index (χ3v) is 2.56. The lowest BCUT2D eigenvalue weighted by molar-refractivity contribution is 0.107. The van der Waals surface area contributed by atoms with Crippen LogP contribution in [0.4, 0.5) is 0 Å². The molecule has 0 radical (unpaired) electrons. The zero-order valence-corrected chi connectivity index (χ0v) is 10.0. The van der Waals surface area contributed by atoms with Crippen LogP contribution in [0.1, 0.15) is 24.3 Å². The topological polar surface area (TPSA) is 34.9 Å². The van der Waals surface area contributed by atoms with Crippen molar-refractivity contribution in [2.24, 2.45) is 5.92 Å². The highest BCUT2D eigenvalue weighted by Crippen LogP contribution is 2.20. The van der Waals surface area contributed by atoms with Crippen LogP contribution in [-0.4, -0.2) is 15.0 Å². The van der Waals surface area contributed by atoms with Crippen LogP contribution < -0.4 is 0 Å². The summed E-state index contributed by atoms with van der Waals surface area (Å²) < 4.78 is 1.84. The largest absolute Gasteiger partial charge is 0.274 e. The van der Waals surface area contributed by atoms with Crippen LogP contribution in [-0.2, 0) is 6.54 Å². The highest BCUT2D eigenvalue weighted by atomic mass is 35.5. The number of nitrogens with zero attached hydrogens (tertiary/aromatic N) is 2. The number of fused-ring (bicyclic) bond motifs is 1. The number of aromatic nitrogens is 2. The van der Waals surface area contributed by atoms with Gasteiger partial charge >= 0.3 is 0 Å². The summed E-state index contributed by atoms with van der Waals surface area (Å²) in [5.74, 6) is 0.474. The van der Waals surface area contributed by atoms with Gasteiger partial charge in [0, 0.05) is 11.9 Å². The van der Waals surface area contributed by atoms with Crippen LogP contribution in [0.15, 0.2) is 24.3 Å². The van der Waals surface area contributed by atoms with E-state index in [0.29, 0.717) is 11.6 Å². The number of hydrogen-bond donors (Lipinski definition) is 0. The van der Waals surface area contributed by atoms with E-state index in [1.54, 1.807) is 0 Å². The van der Waals surface area contributed by atoms with Gasteiger partial charge in [-0.2, -0.15) is 5.10 Å². The van der Waals surface area contributed by atoms with Gasteiger partial charge in [0.1, 0.15) is 0 Å². The third-order valence-electron chi connectivity index (χ3n) is 2.38. The van der Waals surface area contributed by atoms with E-state index in [0.717, 1.165) is 17.4 Å². The first-order chi connectivity index (χ1) is 7.59. The Balaban J connectivity index is 2.62. The molecule has 0 unspecified atom stereocenters. The smallest absolute Gasteiger partial charge is 0.273 e. The minimum Gasteiger partial charge on any atom is -0.274 e. The fraction of sp³-hybridized carbons (Fsp3) is 0.333. The molecule has 1 heterocycles. The number of carbonyl (C=O) groups excluding carboxylic acids is 1. The number of para-hydroxylation sites is 1. The average Bonchev–Trinajstić information content (AvgIpc) is 2.57. The molecular formula is C12H13ClN2O. The van der Waals surface area contributed by atoms with Crippen LogP contribution >= 0.6 is 11.6 Å². The summed E-state index contributed by atoms with van der Waals surface area (Å²) in [7, 11) is 0. The molecule has 84 valence electrons. The minimum absolute atomic E-state index is 0.345. The lowest BCUT2D eigenvalue weighted by Gasteiger charge is -2.05. The summed E-state index contributed by atoms with van der Waals surface area (Å²) in [5, 5.41) is 4.59. The minimum atomic E-state index is -0.501. The number of benzene rings is 1. The van der Waals surface area contributed by atoms with Crippen LogP contribution in [0.2, 0.25) is 0 Å². The predicted octanol–water partition coefficient (Wildman–Crippen LogP) is 3.07. The molecule has 2 aromatic rings. The highest BCUT2D eigenvalue weighted by molar-refractivity contribution is 6.68. The van der Waals surface area contributed by atoms with Crippen molar-refractivity contribution >= 4 is 27.7 Å². The quantitative estimate of drug-likeness (QED) is 0.768. The second-order valence-corrected chi connectivity index (χ2v) is 4.56. The molecule has 0 aliphatic heterocycles. The van der Waals surface area contributed by atoms with E-state index in [4.69, 9.17) is 11.6 Å². The molecule has 2 rings (SSSR count). The molecule has 0 fully saturated rings. The maximum atomic E-state index is 11.2. The molecule has 0 atom stereocenters. The van der Waals surface area contributed by atoms with Gasteiger partial charge in [-0.05, 0) is 23.6 Å². The van der Waals surface area contributed by atoms with E-state index in [9.17, 15) is 4.79 Å². The first-order valence-electron chi connectivity index (χ1n) is 5.25.